The third-order valence-electron chi connectivity index (χ3n) is 3.31. The van der Waals surface area contributed by atoms with E-state index in [-0.39, 0.29) is 11.7 Å². The van der Waals surface area contributed by atoms with Crippen molar-refractivity contribution in [3.63, 3.8) is 0 Å². The minimum atomic E-state index is -0.627. The monoisotopic (exact) mass is 297 g/mol. The van der Waals surface area contributed by atoms with Gasteiger partial charge in [-0.1, -0.05) is 54.6 Å². The fourth-order valence-electron chi connectivity index (χ4n) is 2.11. The van der Waals surface area contributed by atoms with Crippen LogP contribution in [0.5, 0.6) is 0 Å². The lowest BCUT2D eigenvalue weighted by molar-refractivity contribution is -0.131. The summed E-state index contributed by atoms with van der Waals surface area (Å²) in [4.78, 5) is 12.2. The van der Waals surface area contributed by atoms with Crippen LogP contribution in [-0.4, -0.2) is 18.9 Å². The Morgan fingerprint density at radius 1 is 1.18 bits per heavy atom. The van der Waals surface area contributed by atoms with Gasteiger partial charge < -0.3 is 15.8 Å². The fourth-order valence-corrected chi connectivity index (χ4v) is 2.11. The highest BCUT2D eigenvalue weighted by molar-refractivity contribution is 5.94. The summed E-state index contributed by atoms with van der Waals surface area (Å²) in [5, 5.41) is 10.2. The van der Waals surface area contributed by atoms with Crippen LogP contribution >= 0.6 is 0 Å². The Morgan fingerprint density at radius 2 is 1.82 bits per heavy atom. The zero-order valence-corrected chi connectivity index (χ0v) is 12.4. The van der Waals surface area contributed by atoms with Crippen molar-refractivity contribution in [2.75, 3.05) is 7.11 Å². The van der Waals surface area contributed by atoms with Gasteiger partial charge in [-0.15, -0.1) is 0 Å². The van der Waals surface area contributed by atoms with E-state index in [1.165, 1.54) is 7.11 Å². The summed E-state index contributed by atoms with van der Waals surface area (Å²) in [6.45, 7) is 0.393. The SMILES string of the molecule is CO[C@@H](C(=O)NCc1ccc(C(=N)N)cc1)c1ccccc1. The standard InChI is InChI=1S/C17H19N3O2/c1-22-15(13-5-3-2-4-6-13)17(21)20-11-12-7-9-14(10-8-12)16(18)19/h2-10,15H,11H2,1H3,(H3,18,19)(H,20,21)/t15-/m1/s1. The number of methoxy groups -OCH3 is 1. The quantitative estimate of drug-likeness (QED) is 0.562. The van der Waals surface area contributed by atoms with Crippen molar-refractivity contribution in [1.29, 1.82) is 5.41 Å². The number of nitrogens with two attached hydrogens (primary N) is 1. The van der Waals surface area contributed by atoms with Crippen molar-refractivity contribution in [3.8, 4) is 0 Å². The second-order valence-corrected chi connectivity index (χ2v) is 4.85. The van der Waals surface area contributed by atoms with E-state index in [4.69, 9.17) is 15.9 Å². The first-order valence-electron chi connectivity index (χ1n) is 6.90. The van der Waals surface area contributed by atoms with Crippen molar-refractivity contribution >= 4 is 11.7 Å². The lowest BCUT2D eigenvalue weighted by atomic mass is 10.1. The second-order valence-electron chi connectivity index (χ2n) is 4.85. The number of nitrogen functional groups attached to an aromatic ring is 1. The maximum atomic E-state index is 12.2. The molecule has 0 aliphatic carbocycles. The molecule has 0 heterocycles. The molecule has 0 fully saturated rings. The highest BCUT2D eigenvalue weighted by atomic mass is 16.5. The molecular weight excluding hydrogens is 278 g/mol. The summed E-state index contributed by atoms with van der Waals surface area (Å²) in [5.41, 5.74) is 7.81. The molecule has 5 heteroatoms. The molecule has 0 bridgehead atoms. The maximum absolute atomic E-state index is 12.2. The lowest BCUT2D eigenvalue weighted by Gasteiger charge is -2.15. The molecule has 0 saturated heterocycles. The van der Waals surface area contributed by atoms with E-state index in [1.807, 2.05) is 42.5 Å². The molecule has 5 nitrogen and oxygen atoms in total. The molecule has 1 atom stereocenters. The smallest absolute Gasteiger partial charge is 0.254 e. The van der Waals surface area contributed by atoms with Gasteiger partial charge in [-0.2, -0.15) is 0 Å². The minimum Gasteiger partial charge on any atom is -0.384 e. The zero-order chi connectivity index (χ0) is 15.9. The fraction of sp³-hybridized carbons (Fsp3) is 0.176. The molecule has 0 radical (unpaired) electrons. The van der Waals surface area contributed by atoms with Gasteiger partial charge in [-0.25, -0.2) is 0 Å². The number of amidine groups is 1. The van der Waals surface area contributed by atoms with Crippen LogP contribution in [0.15, 0.2) is 54.6 Å². The zero-order valence-electron chi connectivity index (χ0n) is 12.4. The molecule has 0 aliphatic heterocycles. The topological polar surface area (TPSA) is 88.2 Å². The van der Waals surface area contributed by atoms with Crippen LogP contribution in [0.25, 0.3) is 0 Å². The van der Waals surface area contributed by atoms with E-state index in [1.54, 1.807) is 12.1 Å². The summed E-state index contributed by atoms with van der Waals surface area (Å²) in [6.07, 6.45) is -0.627. The van der Waals surface area contributed by atoms with Crippen molar-refractivity contribution in [3.05, 3.63) is 71.3 Å². The van der Waals surface area contributed by atoms with Crippen LogP contribution in [0.1, 0.15) is 22.8 Å². The highest BCUT2D eigenvalue weighted by Crippen LogP contribution is 2.16. The minimum absolute atomic E-state index is 0.0270. The Kier molecular flexibility index (Phi) is 5.27. The molecule has 114 valence electrons. The van der Waals surface area contributed by atoms with Gasteiger partial charge in [0, 0.05) is 19.2 Å². The predicted octanol–water partition coefficient (Wildman–Crippen LogP) is 1.97. The van der Waals surface area contributed by atoms with Crippen LogP contribution < -0.4 is 11.1 Å². The molecule has 0 aromatic heterocycles. The second kappa shape index (κ2) is 7.38. The molecule has 0 spiro atoms. The first-order chi connectivity index (χ1) is 10.6. The number of amides is 1. The molecule has 22 heavy (non-hydrogen) atoms. The maximum Gasteiger partial charge on any atom is 0.254 e. The molecule has 4 N–H and O–H groups in total. The average molecular weight is 297 g/mol. The first-order valence-corrected chi connectivity index (χ1v) is 6.90. The van der Waals surface area contributed by atoms with Gasteiger partial charge in [-0.3, -0.25) is 10.2 Å². The van der Waals surface area contributed by atoms with Gasteiger partial charge in [0.05, 0.1) is 0 Å². The van der Waals surface area contributed by atoms with E-state index >= 15 is 0 Å². The van der Waals surface area contributed by atoms with Crippen molar-refractivity contribution in [1.82, 2.24) is 5.32 Å². The van der Waals surface area contributed by atoms with Gasteiger partial charge in [0.15, 0.2) is 6.10 Å². The van der Waals surface area contributed by atoms with E-state index in [2.05, 4.69) is 5.32 Å². The molecule has 0 saturated carbocycles. The number of carbonyl (C=O) groups excluding carboxylic acids is 1. The normalized spacial score (nSPS) is 11.7. The highest BCUT2D eigenvalue weighted by Gasteiger charge is 2.19. The van der Waals surface area contributed by atoms with Crippen LogP contribution in [0.2, 0.25) is 0 Å². The summed E-state index contributed by atoms with van der Waals surface area (Å²) in [6, 6.07) is 16.5. The van der Waals surface area contributed by atoms with Gasteiger partial charge in [0.25, 0.3) is 5.91 Å². The first kappa shape index (κ1) is 15.7. The van der Waals surface area contributed by atoms with E-state index in [0.717, 1.165) is 11.1 Å². The Morgan fingerprint density at radius 3 is 2.36 bits per heavy atom. The lowest BCUT2D eigenvalue weighted by Crippen LogP contribution is -2.30. The number of rotatable bonds is 6. The number of hydrogen-bond acceptors (Lipinski definition) is 3. The van der Waals surface area contributed by atoms with Gasteiger partial charge in [0.2, 0.25) is 0 Å². The molecule has 2 aromatic rings. The Balaban J connectivity index is 1.98. The summed E-state index contributed by atoms with van der Waals surface area (Å²) in [7, 11) is 1.51. The summed E-state index contributed by atoms with van der Waals surface area (Å²) < 4.78 is 5.28. The van der Waals surface area contributed by atoms with Crippen LogP contribution in [-0.2, 0) is 16.1 Å². The number of benzene rings is 2. The number of nitrogens with one attached hydrogen (secondary N) is 2. The molecular formula is C17H19N3O2. The summed E-state index contributed by atoms with van der Waals surface area (Å²) in [5.74, 6) is -0.163. The van der Waals surface area contributed by atoms with Gasteiger partial charge in [-0.05, 0) is 11.1 Å². The van der Waals surface area contributed by atoms with Crippen LogP contribution in [0.4, 0.5) is 0 Å². The van der Waals surface area contributed by atoms with Gasteiger partial charge >= 0.3 is 0 Å². The number of hydrogen-bond donors (Lipinski definition) is 3. The third-order valence-corrected chi connectivity index (χ3v) is 3.31. The average Bonchev–Trinajstić information content (AvgIpc) is 2.55. The molecule has 0 unspecified atom stereocenters. The molecule has 2 aromatic carbocycles. The Labute approximate surface area is 129 Å². The molecule has 0 aliphatic rings. The third kappa shape index (κ3) is 3.93. The van der Waals surface area contributed by atoms with E-state index in [0.29, 0.717) is 12.1 Å². The van der Waals surface area contributed by atoms with Crippen molar-refractivity contribution in [2.45, 2.75) is 12.6 Å². The number of carbonyl (C=O) groups is 1. The van der Waals surface area contributed by atoms with Crippen LogP contribution in [0.3, 0.4) is 0 Å². The molecule has 2 rings (SSSR count). The Hall–Kier alpha value is -2.66. The van der Waals surface area contributed by atoms with Gasteiger partial charge in [0.1, 0.15) is 5.84 Å². The van der Waals surface area contributed by atoms with Crippen molar-refractivity contribution in [2.24, 2.45) is 5.73 Å². The van der Waals surface area contributed by atoms with Crippen LogP contribution in [0, 0.1) is 5.41 Å². The number of ether oxygens (including phenoxy) is 1. The summed E-state index contributed by atoms with van der Waals surface area (Å²) >= 11 is 0. The van der Waals surface area contributed by atoms with E-state index in [9.17, 15) is 4.79 Å². The van der Waals surface area contributed by atoms with Crippen molar-refractivity contribution < 1.29 is 9.53 Å². The predicted molar refractivity (Wildman–Crippen MR) is 85.5 cm³/mol. The Bertz CT molecular complexity index is 639. The van der Waals surface area contributed by atoms with E-state index < -0.39 is 6.10 Å². The largest absolute Gasteiger partial charge is 0.384 e. The molecule has 1 amide bonds.